The maximum absolute atomic E-state index is 11.6. The lowest BCUT2D eigenvalue weighted by molar-refractivity contribution is 0.0443. The van der Waals surface area contributed by atoms with Crippen LogP contribution in [0.5, 0.6) is 0 Å². The quantitative estimate of drug-likeness (QED) is 0.406. The summed E-state index contributed by atoms with van der Waals surface area (Å²) >= 11 is 0. The van der Waals surface area contributed by atoms with E-state index in [4.69, 9.17) is 0 Å². The number of carbonyl (C=O) groups excluding carboxylic acids is 2. The Balaban J connectivity index is 2.07. The third-order valence-corrected chi connectivity index (χ3v) is 2.66. The number of hydrogen-bond donors (Lipinski definition) is 0. The van der Waals surface area contributed by atoms with Crippen LogP contribution in [0.1, 0.15) is 32.0 Å². The molecule has 0 atom stereocenters. The van der Waals surface area contributed by atoms with E-state index < -0.39 is 11.9 Å². The van der Waals surface area contributed by atoms with Gasteiger partial charge in [-0.25, -0.2) is 14.6 Å². The molecule has 0 unspecified atom stereocenters. The summed E-state index contributed by atoms with van der Waals surface area (Å²) in [5.74, 6) is 4.42. The number of pyridine rings is 1. The summed E-state index contributed by atoms with van der Waals surface area (Å²) in [6.07, 6.45) is 1.64. The Kier molecular flexibility index (Phi) is 2.58. The van der Waals surface area contributed by atoms with Crippen molar-refractivity contribution in [1.29, 1.82) is 0 Å². The van der Waals surface area contributed by atoms with E-state index in [1.807, 2.05) is 6.07 Å². The van der Waals surface area contributed by atoms with E-state index in [9.17, 15) is 9.59 Å². The molecule has 3 rings (SSSR count). The molecule has 0 bridgehead atoms. The van der Waals surface area contributed by atoms with Crippen LogP contribution in [0.3, 0.4) is 0 Å². The van der Waals surface area contributed by atoms with E-state index in [1.54, 1.807) is 36.5 Å². The number of aromatic nitrogens is 1. The Bertz CT molecular complexity index is 739. The summed E-state index contributed by atoms with van der Waals surface area (Å²) in [6, 6.07) is 10.3. The fourth-order valence-corrected chi connectivity index (χ4v) is 1.80. The number of rotatable bonds is 0. The largest absolute Gasteiger partial charge is 0.386 e. The SMILES string of the molecule is O=C1OC(=O)c2c(C#Cc3ccccn3)cccc21. The maximum Gasteiger partial charge on any atom is 0.348 e. The zero-order valence-corrected chi connectivity index (χ0v) is 9.71. The van der Waals surface area contributed by atoms with Crippen molar-refractivity contribution in [2.45, 2.75) is 0 Å². The minimum Gasteiger partial charge on any atom is -0.386 e. The van der Waals surface area contributed by atoms with Gasteiger partial charge in [0.2, 0.25) is 0 Å². The molecule has 4 heteroatoms. The third-order valence-electron chi connectivity index (χ3n) is 2.66. The molecule has 0 spiro atoms. The minimum atomic E-state index is -0.647. The molecule has 1 aliphatic rings. The lowest BCUT2D eigenvalue weighted by atomic mass is 10.0. The van der Waals surface area contributed by atoms with Crippen LogP contribution in [0.4, 0.5) is 0 Å². The highest BCUT2D eigenvalue weighted by Crippen LogP contribution is 2.22. The van der Waals surface area contributed by atoms with Gasteiger partial charge in [0.15, 0.2) is 0 Å². The van der Waals surface area contributed by atoms with Crippen molar-refractivity contribution in [3.05, 3.63) is 65.0 Å². The first-order valence-corrected chi connectivity index (χ1v) is 5.58. The number of hydrogen-bond acceptors (Lipinski definition) is 4. The van der Waals surface area contributed by atoms with Crippen LogP contribution in [-0.4, -0.2) is 16.9 Å². The van der Waals surface area contributed by atoms with Gasteiger partial charge in [0.25, 0.3) is 0 Å². The maximum atomic E-state index is 11.6. The number of fused-ring (bicyclic) bond motifs is 1. The van der Waals surface area contributed by atoms with Crippen molar-refractivity contribution in [2.75, 3.05) is 0 Å². The van der Waals surface area contributed by atoms with Crippen LogP contribution in [0, 0.1) is 11.8 Å². The molecule has 0 saturated carbocycles. The Morgan fingerprint density at radius 2 is 1.84 bits per heavy atom. The summed E-state index contributed by atoms with van der Waals surface area (Å²) in [4.78, 5) is 27.0. The van der Waals surface area contributed by atoms with Crippen molar-refractivity contribution in [3.8, 4) is 11.8 Å². The molecule has 0 radical (unpaired) electrons. The lowest BCUT2D eigenvalue weighted by Gasteiger charge is -1.95. The van der Waals surface area contributed by atoms with E-state index >= 15 is 0 Å². The molecule has 2 heterocycles. The van der Waals surface area contributed by atoms with Crippen LogP contribution in [0.2, 0.25) is 0 Å². The van der Waals surface area contributed by atoms with Gasteiger partial charge in [-0.3, -0.25) is 0 Å². The number of benzene rings is 1. The fraction of sp³-hybridized carbons (Fsp3) is 0. The highest BCUT2D eigenvalue weighted by molar-refractivity contribution is 6.15. The highest BCUT2D eigenvalue weighted by Gasteiger charge is 2.31. The second-order valence-electron chi connectivity index (χ2n) is 3.87. The molecule has 1 aromatic heterocycles. The van der Waals surface area contributed by atoms with Crippen molar-refractivity contribution in [3.63, 3.8) is 0 Å². The number of nitrogens with zero attached hydrogens (tertiary/aromatic N) is 1. The van der Waals surface area contributed by atoms with Crippen molar-refractivity contribution in [2.24, 2.45) is 0 Å². The number of esters is 2. The average molecular weight is 249 g/mol. The normalized spacial score (nSPS) is 12.4. The summed E-state index contributed by atoms with van der Waals surface area (Å²) in [7, 11) is 0. The first kappa shape index (κ1) is 11.2. The number of cyclic esters (lactones) is 2. The van der Waals surface area contributed by atoms with Crippen LogP contribution in [0.15, 0.2) is 42.6 Å². The van der Waals surface area contributed by atoms with Gasteiger partial charge in [-0.15, -0.1) is 0 Å². The van der Waals surface area contributed by atoms with Crippen LogP contribution in [-0.2, 0) is 4.74 Å². The molecule has 90 valence electrons. The Labute approximate surface area is 109 Å². The molecule has 1 aliphatic heterocycles. The zero-order chi connectivity index (χ0) is 13.2. The average Bonchev–Trinajstić information content (AvgIpc) is 2.74. The zero-order valence-electron chi connectivity index (χ0n) is 9.71. The Hall–Kier alpha value is -2.93. The molecule has 0 amide bonds. The summed E-state index contributed by atoms with van der Waals surface area (Å²) in [5.41, 5.74) is 1.56. The second kappa shape index (κ2) is 4.39. The Morgan fingerprint density at radius 1 is 0.947 bits per heavy atom. The standard InChI is InChI=1S/C15H7NO3/c17-14-12-6-3-4-10(13(12)15(18)19-14)7-8-11-5-1-2-9-16-11/h1-6,9H. The Morgan fingerprint density at radius 3 is 2.63 bits per heavy atom. The predicted octanol–water partition coefficient (Wildman–Crippen LogP) is 1.79. The molecular formula is C15H7NO3. The van der Waals surface area contributed by atoms with E-state index in [1.165, 1.54) is 0 Å². The van der Waals surface area contributed by atoms with Gasteiger partial charge in [-0.2, -0.15) is 0 Å². The lowest BCUT2D eigenvalue weighted by Crippen LogP contribution is -1.98. The highest BCUT2D eigenvalue weighted by atomic mass is 16.6. The molecule has 0 aliphatic carbocycles. The van der Waals surface area contributed by atoms with Gasteiger partial charge in [0, 0.05) is 11.8 Å². The monoisotopic (exact) mass is 249 g/mol. The topological polar surface area (TPSA) is 56.3 Å². The first-order valence-electron chi connectivity index (χ1n) is 5.58. The first-order chi connectivity index (χ1) is 9.25. The van der Waals surface area contributed by atoms with E-state index in [0.29, 0.717) is 11.3 Å². The number of carbonyl (C=O) groups is 2. The van der Waals surface area contributed by atoms with Crippen molar-refractivity contribution >= 4 is 11.9 Å². The second-order valence-corrected chi connectivity index (χ2v) is 3.87. The molecule has 0 N–H and O–H groups in total. The molecule has 4 nitrogen and oxygen atoms in total. The van der Waals surface area contributed by atoms with Gasteiger partial charge in [0.05, 0.1) is 11.1 Å². The van der Waals surface area contributed by atoms with Gasteiger partial charge >= 0.3 is 11.9 Å². The van der Waals surface area contributed by atoms with Crippen LogP contribution < -0.4 is 0 Å². The molecular weight excluding hydrogens is 242 g/mol. The smallest absolute Gasteiger partial charge is 0.348 e. The summed E-state index contributed by atoms with van der Waals surface area (Å²) < 4.78 is 4.56. The number of ether oxygens (including phenoxy) is 1. The van der Waals surface area contributed by atoms with Gasteiger partial charge in [-0.05, 0) is 30.2 Å². The van der Waals surface area contributed by atoms with Crippen molar-refractivity contribution in [1.82, 2.24) is 4.98 Å². The van der Waals surface area contributed by atoms with Gasteiger partial charge in [0.1, 0.15) is 5.69 Å². The van der Waals surface area contributed by atoms with E-state index in [0.717, 1.165) is 0 Å². The molecule has 1 aromatic carbocycles. The van der Waals surface area contributed by atoms with E-state index in [2.05, 4.69) is 21.6 Å². The molecule has 2 aromatic rings. The predicted molar refractivity (Wildman–Crippen MR) is 66.4 cm³/mol. The van der Waals surface area contributed by atoms with Crippen molar-refractivity contribution < 1.29 is 14.3 Å². The van der Waals surface area contributed by atoms with Crippen LogP contribution in [0.25, 0.3) is 0 Å². The van der Waals surface area contributed by atoms with Gasteiger partial charge in [-0.1, -0.05) is 18.1 Å². The molecule has 0 fully saturated rings. The molecule has 0 saturated heterocycles. The fourth-order valence-electron chi connectivity index (χ4n) is 1.80. The minimum absolute atomic E-state index is 0.232. The summed E-state index contributed by atoms with van der Waals surface area (Å²) in [5, 5.41) is 0. The van der Waals surface area contributed by atoms with E-state index in [-0.39, 0.29) is 11.1 Å². The third kappa shape index (κ3) is 1.98. The molecule has 19 heavy (non-hydrogen) atoms. The summed E-state index contributed by atoms with van der Waals surface area (Å²) in [6.45, 7) is 0. The van der Waals surface area contributed by atoms with Crippen LogP contribution >= 0.6 is 0 Å². The van der Waals surface area contributed by atoms with Gasteiger partial charge < -0.3 is 4.74 Å².